The van der Waals surface area contributed by atoms with Crippen molar-refractivity contribution in [2.75, 3.05) is 10.6 Å². The summed E-state index contributed by atoms with van der Waals surface area (Å²) in [6.07, 6.45) is 1.02. The highest BCUT2D eigenvalue weighted by molar-refractivity contribution is 8.00. The topological polar surface area (TPSA) is 95.5 Å². The lowest BCUT2D eigenvalue weighted by molar-refractivity contribution is -0.132. The van der Waals surface area contributed by atoms with Crippen molar-refractivity contribution < 1.29 is 19.5 Å². The number of hydrogen-bond acceptors (Lipinski definition) is 4. The van der Waals surface area contributed by atoms with Crippen molar-refractivity contribution in [3.05, 3.63) is 64.7 Å². The molecule has 0 heterocycles. The number of benzene rings is 2. The van der Waals surface area contributed by atoms with Gasteiger partial charge in [0.05, 0.1) is 5.25 Å². The van der Waals surface area contributed by atoms with E-state index in [2.05, 4.69) is 10.6 Å². The summed E-state index contributed by atoms with van der Waals surface area (Å²) in [6.45, 7) is 4.99. The van der Waals surface area contributed by atoms with E-state index >= 15 is 0 Å². The molecule has 0 unspecified atom stereocenters. The molecule has 0 aliphatic rings. The molecule has 0 spiro atoms. The highest BCUT2D eigenvalue weighted by atomic mass is 35.5. The summed E-state index contributed by atoms with van der Waals surface area (Å²) >= 11 is 7.46. The van der Waals surface area contributed by atoms with Gasteiger partial charge in [-0.3, -0.25) is 9.59 Å². The van der Waals surface area contributed by atoms with E-state index in [4.69, 9.17) is 16.7 Å². The Bertz CT molecular complexity index is 958. The Kier molecular flexibility index (Phi) is 7.87. The van der Waals surface area contributed by atoms with Crippen LogP contribution in [0.4, 0.5) is 11.4 Å². The number of rotatable bonds is 7. The number of nitrogens with one attached hydrogen (secondary N) is 2. The molecule has 6 nitrogen and oxygen atoms in total. The van der Waals surface area contributed by atoms with Crippen molar-refractivity contribution in [1.29, 1.82) is 0 Å². The first-order valence-corrected chi connectivity index (χ1v) is 9.98. The molecular weight excluding hydrogens is 412 g/mol. The third kappa shape index (κ3) is 6.66. The molecule has 2 rings (SSSR count). The van der Waals surface area contributed by atoms with Gasteiger partial charge in [-0.25, -0.2) is 4.79 Å². The molecule has 0 saturated heterocycles. The van der Waals surface area contributed by atoms with Crippen LogP contribution in [-0.2, 0) is 14.4 Å². The summed E-state index contributed by atoms with van der Waals surface area (Å²) in [4.78, 5) is 35.9. The number of carbonyl (C=O) groups is 3. The minimum Gasteiger partial charge on any atom is -0.478 e. The molecule has 3 N–H and O–H groups in total. The molecule has 1 atom stereocenters. The van der Waals surface area contributed by atoms with Crippen LogP contribution in [0.2, 0.25) is 5.02 Å². The average Bonchev–Trinajstić information content (AvgIpc) is 2.66. The lowest BCUT2D eigenvalue weighted by Crippen LogP contribution is -2.22. The van der Waals surface area contributed by atoms with Crippen LogP contribution < -0.4 is 10.6 Å². The van der Waals surface area contributed by atoms with E-state index in [0.717, 1.165) is 16.5 Å². The van der Waals surface area contributed by atoms with Crippen LogP contribution in [0.5, 0.6) is 0 Å². The van der Waals surface area contributed by atoms with Gasteiger partial charge in [0.1, 0.15) is 0 Å². The summed E-state index contributed by atoms with van der Waals surface area (Å²) in [5.41, 5.74) is 1.97. The van der Waals surface area contributed by atoms with Crippen molar-refractivity contribution in [1.82, 2.24) is 0 Å². The Morgan fingerprint density at radius 3 is 2.38 bits per heavy atom. The van der Waals surface area contributed by atoms with E-state index in [1.165, 1.54) is 18.7 Å². The third-order valence-electron chi connectivity index (χ3n) is 4.01. The molecule has 2 aromatic carbocycles. The summed E-state index contributed by atoms with van der Waals surface area (Å²) in [6, 6.07) is 12.3. The van der Waals surface area contributed by atoms with Crippen LogP contribution in [0.1, 0.15) is 19.4 Å². The fraction of sp³-hybridized carbons (Fsp3) is 0.190. The Morgan fingerprint density at radius 2 is 1.76 bits per heavy atom. The van der Waals surface area contributed by atoms with E-state index in [9.17, 15) is 14.4 Å². The second-order valence-corrected chi connectivity index (χ2v) is 8.13. The molecule has 0 radical (unpaired) electrons. The molecule has 2 amide bonds. The number of hydrogen-bond donors (Lipinski definition) is 3. The number of anilines is 2. The van der Waals surface area contributed by atoms with Gasteiger partial charge in [0.2, 0.25) is 11.8 Å². The van der Waals surface area contributed by atoms with E-state index < -0.39 is 11.9 Å². The Morgan fingerprint density at radius 1 is 1.10 bits per heavy atom. The number of aliphatic carboxylic acids is 1. The van der Waals surface area contributed by atoms with Crippen molar-refractivity contribution in [2.45, 2.75) is 30.9 Å². The summed E-state index contributed by atoms with van der Waals surface area (Å²) < 4.78 is 0. The average molecular weight is 433 g/mol. The molecule has 0 bridgehead atoms. The Balaban J connectivity index is 1.95. The van der Waals surface area contributed by atoms with Gasteiger partial charge in [-0.1, -0.05) is 17.7 Å². The van der Waals surface area contributed by atoms with Gasteiger partial charge in [0.15, 0.2) is 0 Å². The second-order valence-electron chi connectivity index (χ2n) is 6.31. The lowest BCUT2D eigenvalue weighted by Gasteiger charge is -2.14. The maximum atomic E-state index is 12.5. The molecule has 0 aromatic heterocycles. The van der Waals surface area contributed by atoms with Crippen molar-refractivity contribution >= 4 is 52.5 Å². The summed E-state index contributed by atoms with van der Waals surface area (Å²) in [5.74, 6) is -1.81. The van der Waals surface area contributed by atoms with Crippen LogP contribution in [0.25, 0.3) is 0 Å². The normalized spacial score (nSPS) is 12.2. The number of carbonyl (C=O) groups excluding carboxylic acids is 2. The van der Waals surface area contributed by atoms with Gasteiger partial charge >= 0.3 is 5.97 Å². The quantitative estimate of drug-likeness (QED) is 0.434. The van der Waals surface area contributed by atoms with Gasteiger partial charge in [0, 0.05) is 32.9 Å². The lowest BCUT2D eigenvalue weighted by atomic mass is 10.2. The molecule has 29 heavy (non-hydrogen) atoms. The fourth-order valence-electron chi connectivity index (χ4n) is 2.29. The first-order chi connectivity index (χ1) is 13.7. The Labute approximate surface area is 178 Å². The number of carboxylic acid groups (broad SMARTS) is 1. The van der Waals surface area contributed by atoms with Crippen LogP contribution in [-0.4, -0.2) is 28.1 Å². The molecule has 0 fully saturated rings. The predicted molar refractivity (Wildman–Crippen MR) is 117 cm³/mol. The standard InChI is InChI=1S/C21H21ClN2O4S/c1-12(21(27)28)11-19(25)23-15-7-9-16(10-8-15)29-14(3)20(26)24-18-6-4-5-17(22)13(18)2/h4-11,14H,1-3H3,(H,23,25)(H,24,26)(H,27,28)/b12-11+/t14-/m0/s1. The SMILES string of the molecule is C/C(=C\C(=O)Nc1ccc(S[C@@H](C)C(=O)Nc2cccc(Cl)c2C)cc1)C(=O)O. The zero-order chi connectivity index (χ0) is 21.6. The summed E-state index contributed by atoms with van der Waals surface area (Å²) in [7, 11) is 0. The van der Waals surface area contributed by atoms with Crippen LogP contribution in [0.15, 0.2) is 59.0 Å². The van der Waals surface area contributed by atoms with Crippen LogP contribution >= 0.6 is 23.4 Å². The van der Waals surface area contributed by atoms with E-state index in [-0.39, 0.29) is 16.7 Å². The van der Waals surface area contributed by atoms with Gasteiger partial charge < -0.3 is 15.7 Å². The number of thioether (sulfide) groups is 1. The molecule has 2 aromatic rings. The minimum absolute atomic E-state index is 0.0514. The molecule has 0 aliphatic carbocycles. The van der Waals surface area contributed by atoms with Crippen molar-refractivity contribution in [2.24, 2.45) is 0 Å². The van der Waals surface area contributed by atoms with Gasteiger partial charge in [-0.15, -0.1) is 11.8 Å². The number of amides is 2. The second kappa shape index (κ2) is 10.1. The van der Waals surface area contributed by atoms with Gasteiger partial charge in [-0.2, -0.15) is 0 Å². The van der Waals surface area contributed by atoms with E-state index in [1.54, 1.807) is 49.4 Å². The van der Waals surface area contributed by atoms with Crippen molar-refractivity contribution in [3.8, 4) is 0 Å². The number of halogens is 1. The first-order valence-electron chi connectivity index (χ1n) is 8.72. The maximum Gasteiger partial charge on any atom is 0.331 e. The predicted octanol–water partition coefficient (Wildman–Crippen LogP) is 4.74. The highest BCUT2D eigenvalue weighted by Crippen LogP contribution is 2.27. The van der Waals surface area contributed by atoms with Gasteiger partial charge in [0.25, 0.3) is 0 Å². The third-order valence-corrected chi connectivity index (χ3v) is 5.54. The molecular formula is C21H21ClN2O4S. The van der Waals surface area contributed by atoms with Gasteiger partial charge in [-0.05, 0) is 62.7 Å². The smallest absolute Gasteiger partial charge is 0.331 e. The fourth-order valence-corrected chi connectivity index (χ4v) is 3.33. The first kappa shape index (κ1) is 22.5. The maximum absolute atomic E-state index is 12.5. The number of carboxylic acids is 1. The van der Waals surface area contributed by atoms with Crippen molar-refractivity contribution in [3.63, 3.8) is 0 Å². The van der Waals surface area contributed by atoms with Crippen LogP contribution in [0, 0.1) is 6.92 Å². The van der Waals surface area contributed by atoms with E-state index in [0.29, 0.717) is 16.4 Å². The highest BCUT2D eigenvalue weighted by Gasteiger charge is 2.16. The minimum atomic E-state index is -1.15. The zero-order valence-corrected chi connectivity index (χ0v) is 17.7. The molecule has 152 valence electrons. The molecule has 0 saturated carbocycles. The summed E-state index contributed by atoms with van der Waals surface area (Å²) in [5, 5.41) is 14.5. The zero-order valence-electron chi connectivity index (χ0n) is 16.2. The molecule has 0 aliphatic heterocycles. The largest absolute Gasteiger partial charge is 0.478 e. The Hall–Kier alpha value is -2.77. The monoisotopic (exact) mass is 432 g/mol. The van der Waals surface area contributed by atoms with Crippen LogP contribution in [0.3, 0.4) is 0 Å². The molecule has 8 heteroatoms. The van der Waals surface area contributed by atoms with E-state index in [1.807, 2.05) is 6.92 Å².